The molecule has 2 rings (SSSR count). The van der Waals surface area contributed by atoms with Crippen molar-refractivity contribution in [2.24, 2.45) is 0 Å². The minimum Gasteiger partial charge on any atom is -0.322 e. The van der Waals surface area contributed by atoms with Crippen molar-refractivity contribution in [3.8, 4) is 0 Å². The van der Waals surface area contributed by atoms with Crippen LogP contribution < -0.4 is 10.0 Å². The first-order valence-corrected chi connectivity index (χ1v) is 12.1. The average molecular weight is 437 g/mol. The van der Waals surface area contributed by atoms with Crippen LogP contribution in [0.1, 0.15) is 29.8 Å². The lowest BCUT2D eigenvalue weighted by molar-refractivity contribution is 0.102. The molecule has 2 N–H and O–H groups in total. The number of carbonyl (C=O) groups excluding carboxylic acids is 1. The topological polar surface area (TPSA) is 109 Å². The Kier molecular flexibility index (Phi) is 7.34. The first-order valence-electron chi connectivity index (χ1n) is 8.88. The molecule has 0 radical (unpaired) electrons. The zero-order valence-corrected chi connectivity index (χ0v) is 17.9. The maximum absolute atomic E-state index is 12.6. The van der Waals surface area contributed by atoms with E-state index in [1.807, 2.05) is 0 Å². The smallest absolute Gasteiger partial charge is 0.256 e. The van der Waals surface area contributed by atoms with E-state index in [0.717, 1.165) is 0 Å². The molecule has 0 fully saturated rings. The van der Waals surface area contributed by atoms with Gasteiger partial charge in [0.1, 0.15) is 0 Å². The lowest BCUT2D eigenvalue weighted by Gasteiger charge is -2.13. The fourth-order valence-corrected chi connectivity index (χ4v) is 4.84. The molecule has 0 aromatic heterocycles. The molecular formula is C20H24N2O5S2. The second-order valence-electron chi connectivity index (χ2n) is 6.64. The molecule has 0 heterocycles. The van der Waals surface area contributed by atoms with E-state index < -0.39 is 31.0 Å². The second-order valence-corrected chi connectivity index (χ2v) is 10.9. The summed E-state index contributed by atoms with van der Waals surface area (Å²) >= 11 is 0. The molecule has 156 valence electrons. The predicted molar refractivity (Wildman–Crippen MR) is 114 cm³/mol. The molecule has 7 nitrogen and oxygen atoms in total. The summed E-state index contributed by atoms with van der Waals surface area (Å²) in [6, 6.07) is 12.3. The van der Waals surface area contributed by atoms with Crippen LogP contribution in [0.2, 0.25) is 0 Å². The number of anilines is 1. The van der Waals surface area contributed by atoms with Gasteiger partial charge in [0.2, 0.25) is 10.0 Å². The van der Waals surface area contributed by atoms with Crippen molar-refractivity contribution in [2.75, 3.05) is 11.9 Å². The molecule has 2 aromatic carbocycles. The largest absolute Gasteiger partial charge is 0.322 e. The lowest BCUT2D eigenvalue weighted by Crippen LogP contribution is -2.25. The van der Waals surface area contributed by atoms with Gasteiger partial charge in [-0.25, -0.2) is 21.6 Å². The number of sulfonamides is 1. The molecule has 0 saturated heterocycles. The van der Waals surface area contributed by atoms with Crippen molar-refractivity contribution in [2.45, 2.75) is 29.7 Å². The summed E-state index contributed by atoms with van der Waals surface area (Å²) in [5.41, 5.74) is 1.02. The standard InChI is InChI=1S/C20H24N2O5S2/c1-4-13-21-28(24,25)14-16-9-11-17(12-10-16)22-20(23)18-7-5-6-8-19(18)29(26,27)15(2)3/h4-12,15,21H,1,13-14H2,2-3H3,(H,22,23). The number of amides is 1. The lowest BCUT2D eigenvalue weighted by atomic mass is 10.2. The molecule has 29 heavy (non-hydrogen) atoms. The summed E-state index contributed by atoms with van der Waals surface area (Å²) in [4.78, 5) is 12.6. The number of sulfone groups is 1. The van der Waals surface area contributed by atoms with E-state index in [9.17, 15) is 21.6 Å². The van der Waals surface area contributed by atoms with E-state index in [1.165, 1.54) is 18.2 Å². The molecule has 0 aliphatic rings. The third kappa shape index (κ3) is 5.99. The average Bonchev–Trinajstić information content (AvgIpc) is 2.67. The van der Waals surface area contributed by atoms with Crippen LogP contribution in [0, 0.1) is 0 Å². The highest BCUT2D eigenvalue weighted by Gasteiger charge is 2.25. The monoisotopic (exact) mass is 436 g/mol. The Morgan fingerprint density at radius 3 is 2.24 bits per heavy atom. The summed E-state index contributed by atoms with van der Waals surface area (Å²) < 4.78 is 51.2. The number of rotatable bonds is 9. The van der Waals surface area contributed by atoms with E-state index in [-0.39, 0.29) is 22.8 Å². The Balaban J connectivity index is 2.18. The van der Waals surface area contributed by atoms with E-state index in [2.05, 4.69) is 16.6 Å². The fraction of sp³-hybridized carbons (Fsp3) is 0.250. The fourth-order valence-electron chi connectivity index (χ4n) is 2.50. The number of carbonyl (C=O) groups is 1. The molecule has 1 amide bonds. The number of nitrogens with one attached hydrogen (secondary N) is 2. The maximum Gasteiger partial charge on any atom is 0.256 e. The molecule has 2 aromatic rings. The van der Waals surface area contributed by atoms with E-state index in [4.69, 9.17) is 0 Å². The van der Waals surface area contributed by atoms with Gasteiger partial charge in [0, 0.05) is 12.2 Å². The molecule has 0 unspecified atom stereocenters. The summed E-state index contributed by atoms with van der Waals surface area (Å²) in [5.74, 6) is -0.761. The SMILES string of the molecule is C=CCNS(=O)(=O)Cc1ccc(NC(=O)c2ccccc2S(=O)(=O)C(C)C)cc1. The zero-order valence-electron chi connectivity index (χ0n) is 16.3. The zero-order chi connectivity index (χ0) is 21.7. The van der Waals surface area contributed by atoms with Gasteiger partial charge in [-0.3, -0.25) is 4.79 Å². The quantitative estimate of drug-likeness (QED) is 0.588. The van der Waals surface area contributed by atoms with Crippen LogP contribution >= 0.6 is 0 Å². The molecule has 9 heteroatoms. The van der Waals surface area contributed by atoms with E-state index >= 15 is 0 Å². The number of hydrogen-bond donors (Lipinski definition) is 2. The van der Waals surface area contributed by atoms with Crippen molar-refractivity contribution in [3.63, 3.8) is 0 Å². The molecule has 0 bridgehead atoms. The number of hydrogen-bond acceptors (Lipinski definition) is 5. The van der Waals surface area contributed by atoms with Crippen LogP contribution in [0.3, 0.4) is 0 Å². The van der Waals surface area contributed by atoms with Gasteiger partial charge in [-0.1, -0.05) is 30.3 Å². The highest BCUT2D eigenvalue weighted by molar-refractivity contribution is 7.92. The van der Waals surface area contributed by atoms with Crippen molar-refractivity contribution in [1.82, 2.24) is 4.72 Å². The first-order chi connectivity index (χ1) is 13.6. The predicted octanol–water partition coefficient (Wildman–Crippen LogP) is 2.73. The Hall–Kier alpha value is -2.49. The van der Waals surface area contributed by atoms with Gasteiger partial charge in [-0.15, -0.1) is 6.58 Å². The Morgan fingerprint density at radius 2 is 1.66 bits per heavy atom. The highest BCUT2D eigenvalue weighted by atomic mass is 32.2. The van der Waals surface area contributed by atoms with Gasteiger partial charge in [-0.2, -0.15) is 0 Å². The van der Waals surface area contributed by atoms with Gasteiger partial charge in [0.15, 0.2) is 9.84 Å². The summed E-state index contributed by atoms with van der Waals surface area (Å²) in [7, 11) is -7.10. The van der Waals surface area contributed by atoms with Gasteiger partial charge in [0.05, 0.1) is 21.5 Å². The normalized spacial score (nSPS) is 12.0. The van der Waals surface area contributed by atoms with Crippen LogP contribution in [-0.2, 0) is 25.6 Å². The molecule has 0 atom stereocenters. The van der Waals surface area contributed by atoms with E-state index in [1.54, 1.807) is 50.2 Å². The van der Waals surface area contributed by atoms with Crippen LogP contribution in [-0.4, -0.2) is 34.5 Å². The van der Waals surface area contributed by atoms with Crippen LogP contribution in [0.25, 0.3) is 0 Å². The highest BCUT2D eigenvalue weighted by Crippen LogP contribution is 2.22. The first kappa shape index (κ1) is 22.8. The summed E-state index contributed by atoms with van der Waals surface area (Å²) in [5, 5.41) is 1.99. The third-order valence-corrected chi connectivity index (χ3v) is 7.61. The molecule has 0 spiro atoms. The second kappa shape index (κ2) is 9.34. The van der Waals surface area contributed by atoms with Gasteiger partial charge in [0.25, 0.3) is 5.91 Å². The molecular weight excluding hydrogens is 412 g/mol. The van der Waals surface area contributed by atoms with Crippen LogP contribution in [0.5, 0.6) is 0 Å². The summed E-state index contributed by atoms with van der Waals surface area (Å²) in [6.07, 6.45) is 1.45. The van der Waals surface area contributed by atoms with E-state index in [0.29, 0.717) is 11.3 Å². The Bertz CT molecular complexity index is 1090. The van der Waals surface area contributed by atoms with Crippen LogP contribution in [0.15, 0.2) is 66.1 Å². The maximum atomic E-state index is 12.6. The molecule has 0 aliphatic heterocycles. The number of benzene rings is 2. The minimum absolute atomic E-state index is 0.0245. The van der Waals surface area contributed by atoms with Gasteiger partial charge in [-0.05, 0) is 43.7 Å². The van der Waals surface area contributed by atoms with Gasteiger partial charge < -0.3 is 5.32 Å². The molecule has 0 saturated carbocycles. The Labute approximate surface area is 171 Å². The third-order valence-electron chi connectivity index (χ3n) is 4.07. The van der Waals surface area contributed by atoms with Gasteiger partial charge >= 0.3 is 0 Å². The van der Waals surface area contributed by atoms with Crippen LogP contribution in [0.4, 0.5) is 5.69 Å². The summed E-state index contributed by atoms with van der Waals surface area (Å²) in [6.45, 7) is 6.72. The van der Waals surface area contributed by atoms with Crippen molar-refractivity contribution < 1.29 is 21.6 Å². The van der Waals surface area contributed by atoms with Crippen molar-refractivity contribution in [3.05, 3.63) is 72.3 Å². The minimum atomic E-state index is -3.62. The molecule has 0 aliphatic carbocycles. The van der Waals surface area contributed by atoms with Crippen molar-refractivity contribution in [1.29, 1.82) is 0 Å². The van der Waals surface area contributed by atoms with Crippen molar-refractivity contribution >= 4 is 31.5 Å². The Morgan fingerprint density at radius 1 is 1.03 bits per heavy atom.